The third-order valence-corrected chi connectivity index (χ3v) is 4.74. The average Bonchev–Trinajstić information content (AvgIpc) is 2.41. The number of alkyl halides is 1. The number of benzene rings is 1. The topological polar surface area (TPSA) is 35.5 Å². The molecule has 2 rings (SSSR count). The van der Waals surface area contributed by atoms with Crippen molar-refractivity contribution in [3.63, 3.8) is 0 Å². The molecule has 1 unspecified atom stereocenters. The summed E-state index contributed by atoms with van der Waals surface area (Å²) in [6.45, 7) is 4.86. The van der Waals surface area contributed by atoms with E-state index < -0.39 is 7.60 Å². The molecule has 1 aromatic rings. The van der Waals surface area contributed by atoms with Gasteiger partial charge < -0.3 is 9.05 Å². The van der Waals surface area contributed by atoms with Crippen molar-refractivity contribution < 1.29 is 13.6 Å². The summed E-state index contributed by atoms with van der Waals surface area (Å²) >= 11 is 6.22. The Bertz CT molecular complexity index is 485. The second-order valence-corrected chi connectivity index (χ2v) is 7.77. The van der Waals surface area contributed by atoms with Crippen molar-refractivity contribution in [1.82, 2.24) is 0 Å². The van der Waals surface area contributed by atoms with E-state index in [1.165, 1.54) is 5.82 Å². The monoisotopic (exact) mass is 300 g/mol. The minimum atomic E-state index is -3.13. The Labute approximate surface area is 119 Å². The predicted molar refractivity (Wildman–Crippen MR) is 77.5 cm³/mol. The number of allylic oxidation sites excluding steroid dienone is 1. The van der Waals surface area contributed by atoms with Gasteiger partial charge in [0.1, 0.15) is 0 Å². The molecule has 5 heteroatoms. The van der Waals surface area contributed by atoms with E-state index in [-0.39, 0.29) is 10.8 Å². The lowest BCUT2D eigenvalue weighted by Crippen LogP contribution is -2.28. The Balaban J connectivity index is 2.01. The first kappa shape index (κ1) is 14.8. The van der Waals surface area contributed by atoms with Gasteiger partial charge in [-0.05, 0) is 5.56 Å². The average molecular weight is 301 g/mol. The van der Waals surface area contributed by atoms with E-state index in [4.69, 9.17) is 20.6 Å². The molecule has 19 heavy (non-hydrogen) atoms. The lowest BCUT2D eigenvalue weighted by atomic mass is 9.97. The number of hydrogen-bond acceptors (Lipinski definition) is 3. The first-order valence-corrected chi connectivity index (χ1v) is 8.22. The molecule has 104 valence electrons. The van der Waals surface area contributed by atoms with Gasteiger partial charge in [-0.2, -0.15) is 0 Å². The van der Waals surface area contributed by atoms with E-state index in [9.17, 15) is 4.57 Å². The van der Waals surface area contributed by atoms with Gasteiger partial charge in [-0.15, -0.1) is 11.6 Å². The van der Waals surface area contributed by atoms with E-state index >= 15 is 0 Å². The summed E-state index contributed by atoms with van der Waals surface area (Å²) in [6.07, 6.45) is 1.66. The highest BCUT2D eigenvalue weighted by Crippen LogP contribution is 2.55. The minimum absolute atomic E-state index is 0.0957. The molecule has 0 aromatic heterocycles. The Morgan fingerprint density at radius 2 is 1.84 bits per heavy atom. The fourth-order valence-electron chi connectivity index (χ4n) is 1.62. The summed E-state index contributed by atoms with van der Waals surface area (Å²) in [5, 5.41) is -0.339. The molecule has 1 aliphatic rings. The van der Waals surface area contributed by atoms with Crippen LogP contribution in [0.5, 0.6) is 0 Å². The lowest BCUT2D eigenvalue weighted by Gasteiger charge is -2.32. The van der Waals surface area contributed by atoms with Crippen molar-refractivity contribution in [2.75, 3.05) is 13.2 Å². The van der Waals surface area contributed by atoms with Gasteiger partial charge in [0.15, 0.2) is 0 Å². The van der Waals surface area contributed by atoms with Crippen LogP contribution < -0.4 is 0 Å². The SMILES string of the molecule is CC1(C)COP(=O)(/C=C/C(Cl)c2ccccc2)OC1. The minimum Gasteiger partial charge on any atom is -0.305 e. The molecule has 0 aliphatic carbocycles. The molecule has 0 bridgehead atoms. The maximum atomic E-state index is 12.3. The Morgan fingerprint density at radius 1 is 1.26 bits per heavy atom. The van der Waals surface area contributed by atoms with Crippen LogP contribution in [0.3, 0.4) is 0 Å². The van der Waals surface area contributed by atoms with Gasteiger partial charge in [-0.3, -0.25) is 4.57 Å². The number of hydrogen-bond donors (Lipinski definition) is 0. The zero-order valence-electron chi connectivity index (χ0n) is 11.1. The fourth-order valence-corrected chi connectivity index (χ4v) is 3.63. The van der Waals surface area contributed by atoms with Crippen LogP contribution in [0.4, 0.5) is 0 Å². The molecule has 0 radical (unpaired) electrons. The molecular weight excluding hydrogens is 283 g/mol. The Hall–Kier alpha value is -0.600. The van der Waals surface area contributed by atoms with Gasteiger partial charge in [-0.25, -0.2) is 0 Å². The van der Waals surface area contributed by atoms with E-state index in [2.05, 4.69) is 0 Å². The van der Waals surface area contributed by atoms with E-state index in [0.29, 0.717) is 13.2 Å². The smallest absolute Gasteiger partial charge is 0.305 e. The first-order valence-electron chi connectivity index (χ1n) is 6.17. The largest absolute Gasteiger partial charge is 0.353 e. The standard InChI is InChI=1S/C14H18ClO3P/c1-14(2)10-17-19(16,18-11-14)9-8-13(15)12-6-4-3-5-7-12/h3-9,13H,10-11H2,1-2H3/b9-8+. The fraction of sp³-hybridized carbons (Fsp3) is 0.429. The molecular formula is C14H18ClO3P. The summed E-state index contributed by atoms with van der Waals surface area (Å²) in [5.74, 6) is 1.47. The molecule has 3 nitrogen and oxygen atoms in total. The van der Waals surface area contributed by atoms with Crippen LogP contribution >= 0.6 is 19.2 Å². The molecule has 1 heterocycles. The van der Waals surface area contributed by atoms with Gasteiger partial charge >= 0.3 is 7.60 Å². The maximum absolute atomic E-state index is 12.3. The van der Waals surface area contributed by atoms with Crippen LogP contribution in [0, 0.1) is 5.41 Å². The number of rotatable bonds is 3. The van der Waals surface area contributed by atoms with Crippen LogP contribution in [-0.2, 0) is 13.6 Å². The lowest BCUT2D eigenvalue weighted by molar-refractivity contribution is 0.0457. The highest BCUT2D eigenvalue weighted by atomic mass is 35.5. The molecule has 1 atom stereocenters. The molecule has 1 fully saturated rings. The van der Waals surface area contributed by atoms with Crippen molar-refractivity contribution in [1.29, 1.82) is 0 Å². The van der Waals surface area contributed by atoms with Crippen molar-refractivity contribution in [2.24, 2.45) is 5.41 Å². The van der Waals surface area contributed by atoms with Crippen LogP contribution in [-0.4, -0.2) is 13.2 Å². The van der Waals surface area contributed by atoms with Crippen molar-refractivity contribution in [3.8, 4) is 0 Å². The second-order valence-electron chi connectivity index (χ2n) is 5.40. The van der Waals surface area contributed by atoms with Crippen LogP contribution in [0.25, 0.3) is 0 Å². The summed E-state index contributed by atoms with van der Waals surface area (Å²) in [7, 11) is -3.13. The molecule has 0 spiro atoms. The molecule has 0 amide bonds. The quantitative estimate of drug-likeness (QED) is 0.597. The van der Waals surface area contributed by atoms with Crippen molar-refractivity contribution >= 4 is 19.2 Å². The molecule has 1 saturated heterocycles. The Morgan fingerprint density at radius 3 is 2.42 bits per heavy atom. The van der Waals surface area contributed by atoms with Crippen molar-refractivity contribution in [3.05, 3.63) is 47.8 Å². The highest BCUT2D eigenvalue weighted by molar-refractivity contribution is 7.57. The van der Waals surface area contributed by atoms with Crippen LogP contribution in [0.15, 0.2) is 42.2 Å². The molecule has 1 aliphatic heterocycles. The summed E-state index contributed by atoms with van der Waals surface area (Å²) in [6, 6.07) is 9.59. The normalized spacial score (nSPS) is 23.3. The maximum Gasteiger partial charge on any atom is 0.353 e. The zero-order chi connectivity index (χ0) is 13.9. The zero-order valence-corrected chi connectivity index (χ0v) is 12.7. The van der Waals surface area contributed by atoms with E-state index in [0.717, 1.165) is 5.56 Å². The van der Waals surface area contributed by atoms with Gasteiger partial charge in [0, 0.05) is 11.2 Å². The van der Waals surface area contributed by atoms with E-state index in [1.54, 1.807) is 6.08 Å². The Kier molecular flexibility index (Phi) is 4.52. The first-order chi connectivity index (χ1) is 8.90. The third-order valence-electron chi connectivity index (χ3n) is 2.83. The molecule has 1 aromatic carbocycles. The number of halogens is 1. The summed E-state index contributed by atoms with van der Waals surface area (Å²) < 4.78 is 23.0. The van der Waals surface area contributed by atoms with Gasteiger partial charge in [-0.1, -0.05) is 50.3 Å². The molecule has 0 N–H and O–H groups in total. The predicted octanol–water partition coefficient (Wildman–Crippen LogP) is 4.75. The second kappa shape index (κ2) is 5.80. The third kappa shape index (κ3) is 4.19. The summed E-state index contributed by atoms with van der Waals surface area (Å²) in [5.41, 5.74) is 0.853. The molecule has 0 saturated carbocycles. The van der Waals surface area contributed by atoms with Crippen LogP contribution in [0.1, 0.15) is 24.8 Å². The van der Waals surface area contributed by atoms with Crippen molar-refractivity contribution in [2.45, 2.75) is 19.2 Å². The van der Waals surface area contributed by atoms with Gasteiger partial charge in [0.25, 0.3) is 0 Å². The van der Waals surface area contributed by atoms with Gasteiger partial charge in [0.05, 0.1) is 18.6 Å². The van der Waals surface area contributed by atoms with E-state index in [1.807, 2.05) is 44.2 Å². The highest BCUT2D eigenvalue weighted by Gasteiger charge is 2.34. The van der Waals surface area contributed by atoms with Gasteiger partial charge in [0.2, 0.25) is 0 Å². The summed E-state index contributed by atoms with van der Waals surface area (Å²) in [4.78, 5) is 0. The van der Waals surface area contributed by atoms with Crippen LogP contribution in [0.2, 0.25) is 0 Å².